The molecule has 1 fully saturated rings. The summed E-state index contributed by atoms with van der Waals surface area (Å²) in [5.41, 5.74) is 24.1. The Hall–Kier alpha value is -12.6. The normalized spacial score (nSPS) is 12.2. The first kappa shape index (κ1) is 87.8. The number of halogens is 2. The molecule has 1 aliphatic rings. The molecule has 603 valence electrons. The number of hydrogen-bond donors (Lipinski definition) is 5. The molecule has 1 radical (unpaired) electrons. The van der Waals surface area contributed by atoms with Crippen LogP contribution in [-0.2, 0) is 68.9 Å². The molecule has 16 aromatic rings. The quantitative estimate of drug-likeness (QED) is 0.0285. The van der Waals surface area contributed by atoms with Gasteiger partial charge in [0.1, 0.15) is 53.5 Å². The van der Waals surface area contributed by atoms with Gasteiger partial charge in [0.15, 0.2) is 0 Å². The minimum atomic E-state index is -0.302. The molecule has 118 heavy (non-hydrogen) atoms. The van der Waals surface area contributed by atoms with Crippen molar-refractivity contribution in [3.8, 4) is 67.3 Å². The molecular formula is C84H93B2Br2N26O3S. The first-order valence-corrected chi connectivity index (χ1v) is 38.6. The summed E-state index contributed by atoms with van der Waals surface area (Å²) in [5.74, 6) is 2.85. The predicted octanol–water partition coefficient (Wildman–Crippen LogP) is 15.9. The SMILES string of the molecule is C.C.CCO/C=C/c1cc(NCc2ccc(-c3cnn(C)c3)cc2)ncn1.Cn1cc(-c2ccc(CNc3cc(-c4cnc5cc(-c6cnn(C)c6)ccn45)ncn3)cc2)cn1.Cn1cc(-c2ccc(CNc3cc(-c4cnc5cc(Br)ccn45)ncn3)cc2)cn1.Cn1cc(B2OC(C)(C)C(C)(C)O2)cn1.Nc1cc(Br)ccn1.[B]=NS. The van der Waals surface area contributed by atoms with E-state index < -0.39 is 0 Å². The number of thiol groups is 1. The van der Waals surface area contributed by atoms with Crippen LogP contribution in [0.4, 0.5) is 23.3 Å². The van der Waals surface area contributed by atoms with Gasteiger partial charge in [0, 0.05) is 166 Å². The fourth-order valence-corrected chi connectivity index (χ4v) is 12.4. The second-order valence-electron chi connectivity index (χ2n) is 27.5. The molecule has 5 N–H and O–H groups in total. The maximum atomic E-state index is 5.89. The van der Waals surface area contributed by atoms with Crippen LogP contribution >= 0.6 is 44.7 Å². The molecule has 14 heterocycles. The van der Waals surface area contributed by atoms with Gasteiger partial charge in [-0.3, -0.25) is 32.2 Å². The maximum absolute atomic E-state index is 5.89. The van der Waals surface area contributed by atoms with E-state index in [0.29, 0.717) is 32.1 Å². The van der Waals surface area contributed by atoms with Crippen molar-refractivity contribution >= 4 is 106 Å². The number of nitrogens with zero attached hydrogens (tertiary/aromatic N) is 22. The average molecular weight is 1730 g/mol. The summed E-state index contributed by atoms with van der Waals surface area (Å²) in [4.78, 5) is 38.9. The third-order valence-corrected chi connectivity index (χ3v) is 19.5. The fraction of sp³-hybridized carbons (Fsp3) is 0.214. The Balaban J connectivity index is 0.000000162. The molecule has 3 aromatic carbocycles. The zero-order chi connectivity index (χ0) is 81.7. The second-order valence-corrected chi connectivity index (χ2v) is 29.5. The molecule has 0 saturated carbocycles. The first-order chi connectivity index (χ1) is 56.0. The number of nitrogens with two attached hydrogens (primary N) is 1. The Morgan fingerprint density at radius 2 is 0.873 bits per heavy atom. The van der Waals surface area contributed by atoms with Crippen molar-refractivity contribution in [2.24, 2.45) is 39.5 Å². The molecule has 0 atom stereocenters. The van der Waals surface area contributed by atoms with Crippen molar-refractivity contribution in [3.63, 3.8) is 0 Å². The van der Waals surface area contributed by atoms with Gasteiger partial charge in [-0.15, -0.1) is 0 Å². The van der Waals surface area contributed by atoms with Gasteiger partial charge in [0.05, 0.1) is 89.7 Å². The van der Waals surface area contributed by atoms with Crippen LogP contribution < -0.4 is 27.1 Å². The number of aryl methyl sites for hydroxylation is 5. The first-order valence-electron chi connectivity index (χ1n) is 36.6. The Morgan fingerprint density at radius 3 is 1.27 bits per heavy atom. The van der Waals surface area contributed by atoms with E-state index in [1.165, 1.54) is 11.1 Å². The van der Waals surface area contributed by atoms with Crippen LogP contribution in [0.5, 0.6) is 0 Å². The Labute approximate surface area is 709 Å². The number of pyridine rings is 3. The van der Waals surface area contributed by atoms with E-state index in [-0.39, 0.29) is 33.2 Å². The monoisotopic (exact) mass is 1730 g/mol. The number of hydrogen-bond acceptors (Lipinski definition) is 23. The standard InChI is InChI=1S/C26H23N9.C22H18BrN7.C19H21N5O.C10H17BN2O2.C5H5BrN2.2CH4.BHNS/c1-33-15-21(12-31-33)19-5-3-18(4-6-19)11-27-25-10-23(29-17-30-25)24-14-28-26-9-20(7-8-35(24)26)22-13-32-34(2)16-22;1-29-13-17(11-28-29)16-4-2-15(3-5-16)10-24-21-9-19(26-14-27-21)20-12-25-22-8-18(23)6-7-30(20)22;1-3-25-9-8-18-10-19(22-14-21-18)20-11-15-4-6-16(7-5-15)17-12-23-24(2)13-17;1-9(2)10(3,4)15-11(14-9)8-6-12-13(5)7-8;6-4-1-2-8-5(7)3-4;;;1-2-3/h3-10,12-17H,11H2,1-2H3,(H,27,29,30);2-9,11-14H,10H2,1H3,(H,24,26,27);4-10,12-14H,3,11H2,1-2H3,(H,20,21,22);6-7H,1-5H3;1-3H,(H2,7,8);2*1H4;3H/b;;9-8+;;;;;. The van der Waals surface area contributed by atoms with Crippen LogP contribution in [0.3, 0.4) is 0 Å². The van der Waals surface area contributed by atoms with E-state index in [1.807, 2.05) is 202 Å². The van der Waals surface area contributed by atoms with Gasteiger partial charge in [0.25, 0.3) is 0 Å². The summed E-state index contributed by atoms with van der Waals surface area (Å²) in [6.07, 6.45) is 36.6. The molecular weight excluding hydrogens is 1630 g/mol. The summed E-state index contributed by atoms with van der Waals surface area (Å²) in [6, 6.07) is 42.7. The molecule has 1 aliphatic heterocycles. The van der Waals surface area contributed by atoms with Crippen LogP contribution in [0.1, 0.15) is 71.9 Å². The Bertz CT molecular complexity index is 5890. The van der Waals surface area contributed by atoms with Crippen molar-refractivity contribution < 1.29 is 14.0 Å². The second kappa shape index (κ2) is 41.3. The van der Waals surface area contributed by atoms with E-state index in [1.54, 1.807) is 67.1 Å². The molecule has 13 aromatic heterocycles. The topological polar surface area (TPSA) is 316 Å². The zero-order valence-corrected chi connectivity index (χ0v) is 69.6. The van der Waals surface area contributed by atoms with Crippen LogP contribution in [-0.4, -0.2) is 135 Å². The molecule has 0 bridgehead atoms. The Morgan fingerprint density at radius 1 is 0.475 bits per heavy atom. The van der Waals surface area contributed by atoms with Crippen LogP contribution in [0.25, 0.3) is 84.7 Å². The number of nitrogen functional groups attached to an aromatic ring is 1. The number of ether oxygens (including phenoxy) is 1. The van der Waals surface area contributed by atoms with Gasteiger partial charge < -0.3 is 35.7 Å². The van der Waals surface area contributed by atoms with Gasteiger partial charge in [-0.25, -0.2) is 44.9 Å². The van der Waals surface area contributed by atoms with Crippen molar-refractivity contribution in [3.05, 3.63) is 277 Å². The molecule has 1 saturated heterocycles. The van der Waals surface area contributed by atoms with E-state index in [0.717, 1.165) is 122 Å². The van der Waals surface area contributed by atoms with Gasteiger partial charge in [0.2, 0.25) is 0 Å². The average Bonchev–Trinajstić information content (AvgIpc) is 1.61. The number of aromatic nitrogens is 21. The minimum absolute atomic E-state index is 0. The molecule has 34 heteroatoms. The van der Waals surface area contributed by atoms with Gasteiger partial charge in [-0.2, -0.15) is 25.5 Å². The summed E-state index contributed by atoms with van der Waals surface area (Å²) < 4.78 is 34.6. The van der Waals surface area contributed by atoms with Crippen molar-refractivity contribution in [1.29, 1.82) is 0 Å². The fourth-order valence-electron chi connectivity index (χ4n) is 11.7. The number of nitrogens with one attached hydrogen (secondary N) is 3. The third-order valence-electron chi connectivity index (χ3n) is 18.5. The molecule has 29 nitrogen and oxygen atoms in total. The number of fused-ring (bicyclic) bond motifs is 2. The number of benzene rings is 3. The van der Waals surface area contributed by atoms with Gasteiger partial charge in [-0.1, -0.05) is 120 Å². The number of rotatable bonds is 19. The van der Waals surface area contributed by atoms with Gasteiger partial charge >= 0.3 is 31.9 Å². The van der Waals surface area contributed by atoms with Crippen molar-refractivity contribution in [2.45, 2.75) is 80.3 Å². The molecule has 0 unspecified atom stereocenters. The summed E-state index contributed by atoms with van der Waals surface area (Å²) in [6.45, 7) is 12.8. The summed E-state index contributed by atoms with van der Waals surface area (Å²) in [5, 5.41) is 31.1. The zero-order valence-electron chi connectivity index (χ0n) is 65.5. The molecule has 0 amide bonds. The van der Waals surface area contributed by atoms with Gasteiger partial charge in [-0.05, 0) is 116 Å². The summed E-state index contributed by atoms with van der Waals surface area (Å²) >= 11 is 9.91. The predicted molar refractivity (Wildman–Crippen MR) is 479 cm³/mol. The van der Waals surface area contributed by atoms with E-state index in [9.17, 15) is 0 Å². The molecule has 0 spiro atoms. The number of anilines is 4. The van der Waals surface area contributed by atoms with Crippen LogP contribution in [0.2, 0.25) is 0 Å². The van der Waals surface area contributed by atoms with Crippen LogP contribution in [0.15, 0.2) is 259 Å². The van der Waals surface area contributed by atoms with Crippen LogP contribution in [0, 0.1) is 0 Å². The van der Waals surface area contributed by atoms with Crippen molar-refractivity contribution in [2.75, 3.05) is 28.3 Å². The van der Waals surface area contributed by atoms with E-state index >= 15 is 0 Å². The molecule has 0 aliphatic carbocycles. The van der Waals surface area contributed by atoms with E-state index in [2.05, 4.69) is 228 Å². The summed E-state index contributed by atoms with van der Waals surface area (Å²) in [7, 11) is 13.6. The Kier molecular flexibility index (Phi) is 30.7. The number of imidazole rings is 2. The third kappa shape index (κ3) is 23.8. The van der Waals surface area contributed by atoms with Crippen molar-refractivity contribution in [1.82, 2.24) is 103 Å². The van der Waals surface area contributed by atoms with E-state index in [4.69, 9.17) is 19.8 Å². The molecule has 17 rings (SSSR count).